The second-order valence-corrected chi connectivity index (χ2v) is 5.45. The lowest BCUT2D eigenvalue weighted by Gasteiger charge is -2.30. The number of piperidine rings is 1. The third kappa shape index (κ3) is 3.44. The molecule has 0 unspecified atom stereocenters. The van der Waals surface area contributed by atoms with Crippen LogP contribution in [0.5, 0.6) is 0 Å². The van der Waals surface area contributed by atoms with Crippen LogP contribution in [-0.4, -0.2) is 29.0 Å². The Balaban J connectivity index is 2.16. The molecule has 0 bridgehead atoms. The molecule has 0 saturated carbocycles. The molecule has 19 heavy (non-hydrogen) atoms. The van der Waals surface area contributed by atoms with Gasteiger partial charge in [0.2, 0.25) is 0 Å². The van der Waals surface area contributed by atoms with Gasteiger partial charge in [-0.25, -0.2) is 0 Å². The summed E-state index contributed by atoms with van der Waals surface area (Å²) >= 11 is 4.84. The Labute approximate surface area is 119 Å². The van der Waals surface area contributed by atoms with Crippen LogP contribution in [0, 0.1) is 5.92 Å². The highest BCUT2D eigenvalue weighted by Gasteiger charge is 2.23. The number of hydrogen-bond donors (Lipinski definition) is 2. The number of benzene rings is 1. The van der Waals surface area contributed by atoms with Crippen molar-refractivity contribution in [3.63, 3.8) is 0 Å². The van der Waals surface area contributed by atoms with Crippen molar-refractivity contribution in [2.24, 2.45) is 11.7 Å². The summed E-state index contributed by atoms with van der Waals surface area (Å²) in [6.45, 7) is 3.87. The van der Waals surface area contributed by atoms with Crippen molar-refractivity contribution in [3.05, 3.63) is 29.8 Å². The molecule has 1 aliphatic heterocycles. The Hall–Kier alpha value is -1.62. The van der Waals surface area contributed by atoms with Gasteiger partial charge < -0.3 is 16.0 Å². The smallest absolute Gasteiger partial charge is 0.255 e. The zero-order valence-electron chi connectivity index (χ0n) is 11.1. The topological polar surface area (TPSA) is 58.4 Å². The number of nitrogens with one attached hydrogen (secondary N) is 1. The fourth-order valence-corrected chi connectivity index (χ4v) is 2.40. The highest BCUT2D eigenvalue weighted by atomic mass is 32.1. The number of rotatable bonds is 2. The summed E-state index contributed by atoms with van der Waals surface area (Å²) < 4.78 is 0. The molecular formula is C14H19N3OS. The van der Waals surface area contributed by atoms with Crippen LogP contribution in [0.15, 0.2) is 24.3 Å². The first-order valence-corrected chi connectivity index (χ1v) is 6.93. The maximum absolute atomic E-state index is 12.5. The molecule has 0 atom stereocenters. The molecule has 4 nitrogen and oxygen atoms in total. The molecular weight excluding hydrogens is 258 g/mol. The van der Waals surface area contributed by atoms with Crippen LogP contribution in [0.1, 0.15) is 30.1 Å². The van der Waals surface area contributed by atoms with Crippen molar-refractivity contribution < 1.29 is 4.79 Å². The molecule has 0 spiro atoms. The van der Waals surface area contributed by atoms with Crippen molar-refractivity contribution in [3.8, 4) is 0 Å². The van der Waals surface area contributed by atoms with E-state index in [2.05, 4.69) is 12.2 Å². The minimum Gasteiger partial charge on any atom is -0.376 e. The number of para-hydroxylation sites is 1. The Kier molecular flexibility index (Phi) is 4.37. The van der Waals surface area contributed by atoms with Crippen LogP contribution in [0.2, 0.25) is 0 Å². The molecule has 5 heteroatoms. The summed E-state index contributed by atoms with van der Waals surface area (Å²) in [5, 5.41) is 3.04. The Bertz CT molecular complexity index is 481. The zero-order chi connectivity index (χ0) is 13.8. The molecule has 0 radical (unpaired) electrons. The fourth-order valence-electron chi connectivity index (χ4n) is 2.29. The first-order valence-electron chi connectivity index (χ1n) is 6.52. The lowest BCUT2D eigenvalue weighted by atomic mass is 9.98. The van der Waals surface area contributed by atoms with Gasteiger partial charge in [-0.1, -0.05) is 19.1 Å². The molecule has 2 rings (SSSR count). The molecule has 1 aromatic carbocycles. The van der Waals surface area contributed by atoms with Gasteiger partial charge in [0.25, 0.3) is 5.91 Å². The lowest BCUT2D eigenvalue weighted by molar-refractivity contribution is 0.0698. The average molecular weight is 277 g/mol. The van der Waals surface area contributed by atoms with Gasteiger partial charge in [-0.15, -0.1) is 0 Å². The number of nitrogens with zero attached hydrogens (tertiary/aromatic N) is 1. The Morgan fingerprint density at radius 1 is 1.37 bits per heavy atom. The number of nitrogens with two attached hydrogens (primary N) is 1. The van der Waals surface area contributed by atoms with E-state index >= 15 is 0 Å². The van der Waals surface area contributed by atoms with Crippen LogP contribution >= 0.6 is 12.2 Å². The van der Waals surface area contributed by atoms with Gasteiger partial charge in [-0.2, -0.15) is 0 Å². The fraction of sp³-hybridized carbons (Fsp3) is 0.429. The molecule has 1 saturated heterocycles. The number of amides is 1. The molecule has 3 N–H and O–H groups in total. The second kappa shape index (κ2) is 6.02. The van der Waals surface area contributed by atoms with Gasteiger partial charge in [0.05, 0.1) is 11.3 Å². The van der Waals surface area contributed by atoms with Crippen molar-refractivity contribution in [1.82, 2.24) is 4.90 Å². The second-order valence-electron chi connectivity index (χ2n) is 5.01. The van der Waals surface area contributed by atoms with E-state index in [1.54, 1.807) is 6.07 Å². The van der Waals surface area contributed by atoms with E-state index < -0.39 is 0 Å². The number of likely N-dealkylation sites (tertiary alicyclic amines) is 1. The van der Waals surface area contributed by atoms with Crippen molar-refractivity contribution in [2.75, 3.05) is 18.4 Å². The van der Waals surface area contributed by atoms with E-state index in [4.69, 9.17) is 18.0 Å². The molecule has 102 valence electrons. The van der Waals surface area contributed by atoms with E-state index in [1.807, 2.05) is 23.1 Å². The monoisotopic (exact) mass is 277 g/mol. The summed E-state index contributed by atoms with van der Waals surface area (Å²) in [6.07, 6.45) is 2.13. The minimum absolute atomic E-state index is 0.0475. The number of hydrogen-bond acceptors (Lipinski definition) is 2. The van der Waals surface area contributed by atoms with Crippen molar-refractivity contribution in [2.45, 2.75) is 19.8 Å². The largest absolute Gasteiger partial charge is 0.376 e. The summed E-state index contributed by atoms with van der Waals surface area (Å²) in [7, 11) is 0. The number of carbonyl (C=O) groups is 1. The van der Waals surface area contributed by atoms with Crippen LogP contribution < -0.4 is 11.1 Å². The van der Waals surface area contributed by atoms with Gasteiger partial charge in [-0.3, -0.25) is 4.79 Å². The van der Waals surface area contributed by atoms with E-state index in [0.717, 1.165) is 25.9 Å². The van der Waals surface area contributed by atoms with E-state index in [9.17, 15) is 4.79 Å². The predicted octanol–water partition coefficient (Wildman–Crippen LogP) is 2.21. The molecule has 1 fully saturated rings. The quantitative estimate of drug-likeness (QED) is 0.814. The predicted molar refractivity (Wildman–Crippen MR) is 81.2 cm³/mol. The standard InChI is InChI=1S/C14H19N3OS/c1-10-6-8-17(9-7-10)13(18)11-4-2-3-5-12(11)16-14(15)19/h2-5,10H,6-9H2,1H3,(H3,15,16,19). The maximum atomic E-state index is 12.5. The van der Waals surface area contributed by atoms with Gasteiger partial charge >= 0.3 is 0 Å². The molecule has 1 aromatic rings. The third-order valence-corrected chi connectivity index (χ3v) is 3.59. The van der Waals surface area contributed by atoms with Crippen LogP contribution in [0.25, 0.3) is 0 Å². The summed E-state index contributed by atoms with van der Waals surface area (Å²) in [6, 6.07) is 7.33. The summed E-state index contributed by atoms with van der Waals surface area (Å²) in [4.78, 5) is 14.4. The lowest BCUT2D eigenvalue weighted by Crippen LogP contribution is -2.38. The van der Waals surface area contributed by atoms with Crippen LogP contribution in [0.4, 0.5) is 5.69 Å². The van der Waals surface area contributed by atoms with E-state index in [1.165, 1.54) is 0 Å². The first-order chi connectivity index (χ1) is 9.08. The molecule has 0 aromatic heterocycles. The van der Waals surface area contributed by atoms with Gasteiger partial charge in [0.15, 0.2) is 5.11 Å². The maximum Gasteiger partial charge on any atom is 0.255 e. The Morgan fingerprint density at radius 2 is 2.00 bits per heavy atom. The van der Waals surface area contributed by atoms with E-state index in [-0.39, 0.29) is 11.0 Å². The van der Waals surface area contributed by atoms with Gasteiger partial charge in [0.1, 0.15) is 0 Å². The summed E-state index contributed by atoms with van der Waals surface area (Å²) in [5.41, 5.74) is 6.79. The van der Waals surface area contributed by atoms with Crippen molar-refractivity contribution in [1.29, 1.82) is 0 Å². The van der Waals surface area contributed by atoms with Crippen LogP contribution in [0.3, 0.4) is 0 Å². The SMILES string of the molecule is CC1CCN(C(=O)c2ccccc2NC(N)=S)CC1. The van der Waals surface area contributed by atoms with Gasteiger partial charge in [0, 0.05) is 13.1 Å². The minimum atomic E-state index is 0.0475. The highest BCUT2D eigenvalue weighted by Crippen LogP contribution is 2.21. The molecule has 1 aliphatic rings. The highest BCUT2D eigenvalue weighted by molar-refractivity contribution is 7.80. The zero-order valence-corrected chi connectivity index (χ0v) is 11.9. The molecule has 0 aliphatic carbocycles. The molecule has 1 heterocycles. The van der Waals surface area contributed by atoms with Gasteiger partial charge in [-0.05, 0) is 43.1 Å². The Morgan fingerprint density at radius 3 is 2.63 bits per heavy atom. The molecule has 1 amide bonds. The number of carbonyl (C=O) groups excluding carboxylic acids is 1. The van der Waals surface area contributed by atoms with E-state index in [0.29, 0.717) is 17.2 Å². The normalized spacial score (nSPS) is 16.2. The average Bonchev–Trinajstić information content (AvgIpc) is 2.39. The van der Waals surface area contributed by atoms with Crippen LogP contribution in [-0.2, 0) is 0 Å². The number of thiocarbonyl (C=S) groups is 1. The number of anilines is 1. The first kappa shape index (κ1) is 13.8. The summed E-state index contributed by atoms with van der Waals surface area (Å²) in [5.74, 6) is 0.750. The third-order valence-electron chi connectivity index (χ3n) is 3.49. The van der Waals surface area contributed by atoms with Crippen molar-refractivity contribution >= 4 is 28.9 Å².